The van der Waals surface area contributed by atoms with Gasteiger partial charge in [0.25, 0.3) is 5.56 Å². The van der Waals surface area contributed by atoms with Crippen LogP contribution in [0.25, 0.3) is 10.9 Å². The molecule has 5 nitrogen and oxygen atoms in total. The van der Waals surface area contributed by atoms with Crippen molar-refractivity contribution in [3.63, 3.8) is 0 Å². The van der Waals surface area contributed by atoms with Crippen LogP contribution in [0.2, 0.25) is 0 Å². The van der Waals surface area contributed by atoms with Crippen LogP contribution in [-0.2, 0) is 6.54 Å². The highest BCUT2D eigenvalue weighted by Crippen LogP contribution is 2.10. The number of hydrogen-bond acceptors (Lipinski definition) is 2. The molecule has 0 aliphatic heterocycles. The highest BCUT2D eigenvalue weighted by atomic mass is 19.1. The van der Waals surface area contributed by atoms with Gasteiger partial charge in [0.1, 0.15) is 12.2 Å². The zero-order valence-electron chi connectivity index (χ0n) is 8.26. The maximum Gasteiger partial charge on any atom is 0.416 e. The molecule has 16 heavy (non-hydrogen) atoms. The summed E-state index contributed by atoms with van der Waals surface area (Å²) in [4.78, 5) is 22.7. The quantitative estimate of drug-likeness (QED) is 0.836. The van der Waals surface area contributed by atoms with Gasteiger partial charge in [-0.2, -0.15) is 0 Å². The molecule has 0 amide bonds. The summed E-state index contributed by atoms with van der Waals surface area (Å²) >= 11 is 0. The number of rotatable bonds is 2. The highest BCUT2D eigenvalue weighted by molar-refractivity contribution is 5.87. The van der Waals surface area contributed by atoms with Crippen LogP contribution >= 0.6 is 0 Å². The summed E-state index contributed by atoms with van der Waals surface area (Å²) in [6, 6.07) is 3.12. The van der Waals surface area contributed by atoms with Gasteiger partial charge in [0.15, 0.2) is 0 Å². The number of nitrogens with zero attached hydrogens (tertiary/aromatic N) is 2. The number of aryl methyl sites for hydroxylation is 1. The Balaban J connectivity index is 2.75. The highest BCUT2D eigenvalue weighted by Gasteiger charge is 2.11. The Morgan fingerprint density at radius 3 is 2.69 bits per heavy atom. The number of fused-ring (bicyclic) bond motifs is 1. The van der Waals surface area contributed by atoms with Gasteiger partial charge in [-0.15, -0.1) is 0 Å². The zero-order valence-corrected chi connectivity index (χ0v) is 8.26. The molecule has 0 saturated carbocycles. The number of hydrogen-bond donors (Lipinski definition) is 1. The average molecular weight is 224 g/mol. The van der Waals surface area contributed by atoms with E-state index in [4.69, 9.17) is 5.11 Å². The van der Waals surface area contributed by atoms with Gasteiger partial charge < -0.3 is 9.67 Å². The molecule has 0 unspecified atom stereocenters. The Hall–Kier alpha value is -2.11. The van der Waals surface area contributed by atoms with E-state index in [1.165, 1.54) is 18.5 Å². The lowest BCUT2D eigenvalue weighted by Gasteiger charge is -2.03. The smallest absolute Gasteiger partial charge is 0.416 e. The average Bonchev–Trinajstić information content (AvgIpc) is 2.67. The Bertz CT molecular complexity index is 600. The van der Waals surface area contributed by atoms with Gasteiger partial charge in [0.2, 0.25) is 0 Å². The predicted molar refractivity (Wildman–Crippen MR) is 55.6 cm³/mol. The SMILES string of the molecule is O=C(O)n1ccc2ccn(CCF)c(=O)c21. The van der Waals surface area contributed by atoms with E-state index in [2.05, 4.69) is 0 Å². The summed E-state index contributed by atoms with van der Waals surface area (Å²) in [6.07, 6.45) is 1.52. The van der Waals surface area contributed by atoms with Gasteiger partial charge in [-0.1, -0.05) is 0 Å². The van der Waals surface area contributed by atoms with Gasteiger partial charge in [-0.3, -0.25) is 4.79 Å². The van der Waals surface area contributed by atoms with Crippen LogP contribution < -0.4 is 5.56 Å². The number of carboxylic acid groups (broad SMARTS) is 1. The Morgan fingerprint density at radius 2 is 2.06 bits per heavy atom. The minimum atomic E-state index is -1.23. The molecule has 0 aromatic carbocycles. The second-order valence-electron chi connectivity index (χ2n) is 3.28. The molecule has 0 aliphatic rings. The summed E-state index contributed by atoms with van der Waals surface area (Å²) in [5, 5.41) is 9.39. The van der Waals surface area contributed by atoms with Crippen LogP contribution in [0.3, 0.4) is 0 Å². The molecule has 0 spiro atoms. The summed E-state index contributed by atoms with van der Waals surface area (Å²) < 4.78 is 14.2. The first-order chi connectivity index (χ1) is 7.65. The van der Waals surface area contributed by atoms with Crippen molar-refractivity contribution in [3.05, 3.63) is 34.9 Å². The lowest BCUT2D eigenvalue weighted by atomic mass is 10.3. The third kappa shape index (κ3) is 1.48. The fourth-order valence-electron chi connectivity index (χ4n) is 1.61. The zero-order chi connectivity index (χ0) is 11.7. The molecule has 0 bridgehead atoms. The standard InChI is InChI=1S/C10H9FN2O3/c11-3-6-12-4-1-7-2-5-13(10(15)16)8(7)9(12)14/h1-2,4-5H,3,6H2,(H,15,16). The second kappa shape index (κ2) is 3.80. The van der Waals surface area contributed by atoms with Gasteiger partial charge in [-0.25, -0.2) is 13.8 Å². The Kier molecular flexibility index (Phi) is 2.47. The van der Waals surface area contributed by atoms with E-state index in [1.54, 1.807) is 6.07 Å². The molecular formula is C10H9FN2O3. The second-order valence-corrected chi connectivity index (χ2v) is 3.28. The Morgan fingerprint density at radius 1 is 1.38 bits per heavy atom. The minimum absolute atomic E-state index is 0.0588. The molecule has 1 N–H and O–H groups in total. The van der Waals surface area contributed by atoms with E-state index in [-0.39, 0.29) is 12.1 Å². The molecule has 0 atom stereocenters. The number of aromatic nitrogens is 2. The number of halogens is 1. The van der Waals surface area contributed by atoms with Crippen molar-refractivity contribution in [3.8, 4) is 0 Å². The number of carbonyl (C=O) groups is 1. The molecule has 2 rings (SSSR count). The summed E-state index contributed by atoms with van der Waals surface area (Å²) in [5.74, 6) is 0. The largest absolute Gasteiger partial charge is 0.464 e. The molecule has 6 heteroatoms. The fourth-order valence-corrected chi connectivity index (χ4v) is 1.61. The maximum absolute atomic E-state index is 12.2. The number of alkyl halides is 1. The van der Waals surface area contributed by atoms with Crippen molar-refractivity contribution in [2.45, 2.75) is 6.54 Å². The molecule has 2 aromatic heterocycles. The van der Waals surface area contributed by atoms with E-state index in [9.17, 15) is 14.0 Å². The molecule has 84 valence electrons. The first kappa shape index (κ1) is 10.4. The molecule has 0 aliphatic carbocycles. The molecule has 0 fully saturated rings. The monoisotopic (exact) mass is 224 g/mol. The van der Waals surface area contributed by atoms with E-state index < -0.39 is 18.3 Å². The third-order valence-corrected chi connectivity index (χ3v) is 2.35. The first-order valence-electron chi connectivity index (χ1n) is 4.65. The molecule has 2 aromatic rings. The molecule has 0 saturated heterocycles. The van der Waals surface area contributed by atoms with E-state index >= 15 is 0 Å². The fraction of sp³-hybridized carbons (Fsp3) is 0.200. The molecule has 0 radical (unpaired) electrons. The first-order valence-corrected chi connectivity index (χ1v) is 4.65. The normalized spacial score (nSPS) is 10.8. The van der Waals surface area contributed by atoms with Crippen molar-refractivity contribution in [1.82, 2.24) is 9.13 Å². The lowest BCUT2D eigenvalue weighted by molar-refractivity contribution is 0.197. The van der Waals surface area contributed by atoms with E-state index in [0.29, 0.717) is 5.39 Å². The molecular weight excluding hydrogens is 215 g/mol. The Labute approximate surface area is 89.3 Å². The van der Waals surface area contributed by atoms with Crippen LogP contribution in [0, 0.1) is 0 Å². The van der Waals surface area contributed by atoms with Crippen LogP contribution in [0.5, 0.6) is 0 Å². The van der Waals surface area contributed by atoms with Crippen LogP contribution in [0.15, 0.2) is 29.3 Å². The van der Waals surface area contributed by atoms with Crippen molar-refractivity contribution in [1.29, 1.82) is 0 Å². The van der Waals surface area contributed by atoms with Crippen LogP contribution in [0.4, 0.5) is 9.18 Å². The maximum atomic E-state index is 12.2. The van der Waals surface area contributed by atoms with E-state index in [1.807, 2.05) is 0 Å². The van der Waals surface area contributed by atoms with Crippen molar-refractivity contribution in [2.75, 3.05) is 6.67 Å². The molecule has 2 heterocycles. The van der Waals surface area contributed by atoms with Gasteiger partial charge >= 0.3 is 6.09 Å². The predicted octanol–water partition coefficient (Wildman–Crippen LogP) is 1.30. The van der Waals surface area contributed by atoms with Crippen LogP contribution in [0.1, 0.15) is 0 Å². The topological polar surface area (TPSA) is 64.2 Å². The summed E-state index contributed by atoms with van der Waals surface area (Å²) in [7, 11) is 0. The van der Waals surface area contributed by atoms with Crippen molar-refractivity contribution in [2.24, 2.45) is 0 Å². The van der Waals surface area contributed by atoms with Gasteiger partial charge in [-0.05, 0) is 12.1 Å². The third-order valence-electron chi connectivity index (χ3n) is 2.35. The van der Waals surface area contributed by atoms with Crippen molar-refractivity contribution >= 4 is 17.0 Å². The van der Waals surface area contributed by atoms with Crippen molar-refractivity contribution < 1.29 is 14.3 Å². The van der Waals surface area contributed by atoms with E-state index in [0.717, 1.165) is 9.13 Å². The minimum Gasteiger partial charge on any atom is -0.464 e. The summed E-state index contributed by atoms with van der Waals surface area (Å²) in [5.41, 5.74) is -0.439. The van der Waals surface area contributed by atoms with Gasteiger partial charge in [0, 0.05) is 17.8 Å². The summed E-state index contributed by atoms with van der Waals surface area (Å²) in [6.45, 7) is -0.737. The lowest BCUT2D eigenvalue weighted by Crippen LogP contribution is -2.23. The van der Waals surface area contributed by atoms with Crippen LogP contribution in [-0.4, -0.2) is 27.0 Å². The van der Waals surface area contributed by atoms with Gasteiger partial charge in [0.05, 0.1) is 6.54 Å². The number of pyridine rings is 1.